The molecule has 0 spiro atoms. The lowest BCUT2D eigenvalue weighted by atomic mass is 9.92. The first-order valence-electron chi connectivity index (χ1n) is 9.51. The second-order valence-corrected chi connectivity index (χ2v) is 7.67. The third kappa shape index (κ3) is 4.86. The molecule has 2 N–H and O–H groups in total. The Morgan fingerprint density at radius 3 is 2.04 bits per heavy atom. The highest BCUT2D eigenvalue weighted by Gasteiger charge is 2.36. The van der Waals surface area contributed by atoms with Gasteiger partial charge in [-0.1, -0.05) is 6.92 Å². The second kappa shape index (κ2) is 9.19. The normalized spacial score (nSPS) is 28.7. The molecule has 2 amide bonds. The molecule has 0 bridgehead atoms. The van der Waals surface area contributed by atoms with Crippen LogP contribution in [0.2, 0.25) is 0 Å². The molecule has 0 aromatic rings. The first kappa shape index (κ1) is 20.5. The molecule has 0 radical (unpaired) electrons. The summed E-state index contributed by atoms with van der Waals surface area (Å²) >= 11 is 0. The van der Waals surface area contributed by atoms with E-state index < -0.39 is 0 Å². The van der Waals surface area contributed by atoms with Crippen LogP contribution in [0.4, 0.5) is 0 Å². The highest BCUT2D eigenvalue weighted by molar-refractivity contribution is 5.85. The summed E-state index contributed by atoms with van der Waals surface area (Å²) in [6, 6.07) is 0. The minimum atomic E-state index is -0.325. The molecular weight excluding hydrogens is 342 g/mol. The Labute approximate surface area is 156 Å². The summed E-state index contributed by atoms with van der Waals surface area (Å²) in [5, 5.41) is 0. The molecule has 3 rings (SSSR count). The van der Waals surface area contributed by atoms with Gasteiger partial charge in [0.15, 0.2) is 0 Å². The average molecular weight is 374 g/mol. The molecule has 0 aromatic carbocycles. The molecule has 0 aliphatic carbocycles. The van der Waals surface area contributed by atoms with Gasteiger partial charge in [0, 0.05) is 38.6 Å². The van der Waals surface area contributed by atoms with E-state index in [1.807, 2.05) is 9.80 Å². The average Bonchev–Trinajstić information content (AvgIpc) is 3.10. The van der Waals surface area contributed by atoms with Gasteiger partial charge in [-0.3, -0.25) is 9.59 Å². The maximum atomic E-state index is 12.7. The lowest BCUT2D eigenvalue weighted by molar-refractivity contribution is -0.147. The van der Waals surface area contributed by atoms with E-state index in [9.17, 15) is 9.59 Å². The van der Waals surface area contributed by atoms with Crippen molar-refractivity contribution < 1.29 is 14.3 Å². The van der Waals surface area contributed by atoms with Crippen molar-refractivity contribution in [2.24, 2.45) is 17.6 Å². The van der Waals surface area contributed by atoms with Crippen LogP contribution in [-0.2, 0) is 14.3 Å². The van der Waals surface area contributed by atoms with Crippen molar-refractivity contribution in [1.29, 1.82) is 0 Å². The van der Waals surface area contributed by atoms with Gasteiger partial charge in [0.25, 0.3) is 5.91 Å². The lowest BCUT2D eigenvalue weighted by Crippen LogP contribution is -2.48. The number of halogens is 1. The molecule has 25 heavy (non-hydrogen) atoms. The van der Waals surface area contributed by atoms with Gasteiger partial charge in [0.1, 0.15) is 6.10 Å². The summed E-state index contributed by atoms with van der Waals surface area (Å²) in [5.41, 5.74) is 5.61. The van der Waals surface area contributed by atoms with E-state index in [0.29, 0.717) is 25.5 Å². The minimum Gasteiger partial charge on any atom is -0.364 e. The summed E-state index contributed by atoms with van der Waals surface area (Å²) in [6.07, 6.45) is 5.14. The van der Waals surface area contributed by atoms with Crippen molar-refractivity contribution in [3.63, 3.8) is 0 Å². The van der Waals surface area contributed by atoms with E-state index in [1.165, 1.54) is 0 Å². The number of hydrogen-bond acceptors (Lipinski definition) is 4. The molecule has 3 aliphatic rings. The molecule has 7 heteroatoms. The summed E-state index contributed by atoms with van der Waals surface area (Å²) in [7, 11) is 0. The third-order valence-electron chi connectivity index (χ3n) is 5.90. The number of amides is 2. The van der Waals surface area contributed by atoms with Crippen LogP contribution >= 0.6 is 12.4 Å². The highest BCUT2D eigenvalue weighted by atomic mass is 35.5. The molecule has 3 heterocycles. The molecule has 0 aromatic heterocycles. The Morgan fingerprint density at radius 1 is 0.920 bits per heavy atom. The number of rotatable bonds is 3. The Balaban J connectivity index is 0.00000225. The number of carbonyl (C=O) groups is 2. The largest absolute Gasteiger partial charge is 0.364 e. The molecule has 3 fully saturated rings. The Bertz CT molecular complexity index is 438. The Kier molecular flexibility index (Phi) is 7.52. The predicted molar refractivity (Wildman–Crippen MR) is 98.5 cm³/mol. The molecule has 3 aliphatic heterocycles. The molecule has 144 valence electrons. The number of hydrogen-bond donors (Lipinski definition) is 1. The van der Waals surface area contributed by atoms with E-state index in [2.05, 4.69) is 6.92 Å². The van der Waals surface area contributed by atoms with Gasteiger partial charge in [0.05, 0.1) is 6.10 Å². The van der Waals surface area contributed by atoms with Crippen LogP contribution in [0.25, 0.3) is 0 Å². The monoisotopic (exact) mass is 373 g/mol. The van der Waals surface area contributed by atoms with Crippen LogP contribution in [0.1, 0.15) is 45.4 Å². The smallest absolute Gasteiger partial charge is 0.251 e. The quantitative estimate of drug-likeness (QED) is 0.811. The molecule has 0 unspecified atom stereocenters. The van der Waals surface area contributed by atoms with Crippen LogP contribution in [-0.4, -0.2) is 66.5 Å². The van der Waals surface area contributed by atoms with Gasteiger partial charge >= 0.3 is 0 Å². The van der Waals surface area contributed by atoms with Gasteiger partial charge in [-0.15, -0.1) is 12.4 Å². The Morgan fingerprint density at radius 2 is 1.48 bits per heavy atom. The van der Waals surface area contributed by atoms with E-state index >= 15 is 0 Å². The fraction of sp³-hybridized carbons (Fsp3) is 0.889. The highest BCUT2D eigenvalue weighted by Crippen LogP contribution is 2.26. The number of piperidine rings is 2. The molecule has 2 atom stereocenters. The van der Waals surface area contributed by atoms with Crippen LogP contribution in [0.15, 0.2) is 0 Å². The molecule has 6 nitrogen and oxygen atoms in total. The number of ether oxygens (including phenoxy) is 1. The zero-order valence-corrected chi connectivity index (χ0v) is 16.0. The maximum Gasteiger partial charge on any atom is 0.251 e. The van der Waals surface area contributed by atoms with Gasteiger partial charge in [-0.05, 0) is 44.4 Å². The topological polar surface area (TPSA) is 75.9 Å². The van der Waals surface area contributed by atoms with Gasteiger partial charge in [-0.2, -0.15) is 0 Å². The lowest BCUT2D eigenvalue weighted by Gasteiger charge is -2.37. The van der Waals surface area contributed by atoms with Crippen molar-refractivity contribution in [1.82, 2.24) is 9.80 Å². The molecule has 3 saturated heterocycles. The van der Waals surface area contributed by atoms with Crippen molar-refractivity contribution >= 4 is 24.2 Å². The summed E-state index contributed by atoms with van der Waals surface area (Å²) in [6.45, 7) is 5.88. The summed E-state index contributed by atoms with van der Waals surface area (Å²) < 4.78 is 5.71. The van der Waals surface area contributed by atoms with Crippen molar-refractivity contribution in [3.8, 4) is 0 Å². The van der Waals surface area contributed by atoms with E-state index in [4.69, 9.17) is 10.5 Å². The zero-order valence-electron chi connectivity index (χ0n) is 15.2. The van der Waals surface area contributed by atoms with Gasteiger partial charge < -0.3 is 20.3 Å². The Hall–Kier alpha value is -0.850. The van der Waals surface area contributed by atoms with Crippen LogP contribution in [0.5, 0.6) is 0 Å². The van der Waals surface area contributed by atoms with E-state index in [-0.39, 0.29) is 36.4 Å². The maximum absolute atomic E-state index is 12.7. The van der Waals surface area contributed by atoms with Crippen LogP contribution in [0, 0.1) is 11.8 Å². The number of nitrogens with zero attached hydrogens (tertiary/aromatic N) is 2. The van der Waals surface area contributed by atoms with Crippen molar-refractivity contribution in [2.45, 2.75) is 57.7 Å². The van der Waals surface area contributed by atoms with Crippen LogP contribution < -0.4 is 5.73 Å². The number of likely N-dealkylation sites (tertiary alicyclic amines) is 2. The third-order valence-corrected chi connectivity index (χ3v) is 5.90. The SMILES string of the molecule is CC1CCN(C(=O)C2CCN(C(=O)[C@@H]3CC[C@H](CN)O3)CC2)CC1.Cl. The second-order valence-electron chi connectivity index (χ2n) is 7.67. The first-order valence-corrected chi connectivity index (χ1v) is 9.51. The van der Waals surface area contributed by atoms with Crippen LogP contribution in [0.3, 0.4) is 0 Å². The standard InChI is InChI=1S/C18H31N3O3.ClH/c1-13-4-8-20(9-5-13)17(22)14-6-10-21(11-7-14)18(23)16-3-2-15(12-19)24-16;/h13-16H,2-12,19H2,1H3;1H/t15-,16+;/m1./s1. The van der Waals surface area contributed by atoms with E-state index in [1.54, 1.807) is 0 Å². The van der Waals surface area contributed by atoms with Gasteiger partial charge in [-0.25, -0.2) is 0 Å². The number of carbonyl (C=O) groups excluding carboxylic acids is 2. The first-order chi connectivity index (χ1) is 11.6. The minimum absolute atomic E-state index is 0. The predicted octanol–water partition coefficient (Wildman–Crippen LogP) is 1.41. The molecular formula is C18H32ClN3O3. The fourth-order valence-corrected chi connectivity index (χ4v) is 4.10. The van der Waals surface area contributed by atoms with Gasteiger partial charge in [0.2, 0.25) is 5.91 Å². The molecule has 0 saturated carbocycles. The summed E-state index contributed by atoms with van der Waals surface area (Å²) in [4.78, 5) is 29.1. The summed E-state index contributed by atoms with van der Waals surface area (Å²) in [5.74, 6) is 1.21. The van der Waals surface area contributed by atoms with E-state index in [0.717, 1.165) is 57.5 Å². The van der Waals surface area contributed by atoms with Crippen molar-refractivity contribution in [2.75, 3.05) is 32.7 Å². The number of nitrogens with two attached hydrogens (primary N) is 1. The zero-order chi connectivity index (χ0) is 17.1. The fourth-order valence-electron chi connectivity index (χ4n) is 4.10. The van der Waals surface area contributed by atoms with Crippen molar-refractivity contribution in [3.05, 3.63) is 0 Å².